The molecule has 0 radical (unpaired) electrons. The molecule has 22 heavy (non-hydrogen) atoms. The summed E-state index contributed by atoms with van der Waals surface area (Å²) in [4.78, 5) is 14.6. The number of fused-ring (bicyclic) bond motifs is 2. The minimum atomic E-state index is 0.0304. The third-order valence-corrected chi connectivity index (χ3v) is 6.37. The van der Waals surface area contributed by atoms with Gasteiger partial charge < -0.3 is 5.32 Å². The van der Waals surface area contributed by atoms with Gasteiger partial charge in [-0.2, -0.15) is 0 Å². The molecule has 3 heteroatoms. The van der Waals surface area contributed by atoms with Gasteiger partial charge in [0.2, 0.25) is 0 Å². The number of carbonyl (C=O) groups is 1. The SMILES string of the molecule is C/C=C1/CN2CC[C@]34C(=C(C=O)[C@H]1C[C@H]23)Nc1ccccc14. The van der Waals surface area contributed by atoms with E-state index in [1.54, 1.807) is 0 Å². The maximum atomic E-state index is 11.9. The highest BCUT2D eigenvalue weighted by Gasteiger charge is 2.60. The fourth-order valence-electron chi connectivity index (χ4n) is 5.44. The van der Waals surface area contributed by atoms with Crippen LogP contribution >= 0.6 is 0 Å². The molecular weight excluding hydrogens is 272 g/mol. The van der Waals surface area contributed by atoms with Crippen LogP contribution in [0.4, 0.5) is 5.69 Å². The lowest BCUT2D eigenvalue weighted by Gasteiger charge is -2.48. The standard InChI is InChI=1S/C19H20N2O/c1-2-12-10-21-8-7-19-15-5-3-4-6-16(15)20-18(19)14(11-22)13(12)9-17(19)21/h2-6,11,13,17,20H,7-10H2,1H3/b12-2-/t13-,17-,19+/m0/s1. The number of aldehydes is 1. The number of para-hydroxylation sites is 1. The Balaban J connectivity index is 1.83. The van der Waals surface area contributed by atoms with Crippen molar-refractivity contribution in [3.8, 4) is 0 Å². The van der Waals surface area contributed by atoms with Crippen molar-refractivity contribution < 1.29 is 4.79 Å². The smallest absolute Gasteiger partial charge is 0.148 e. The molecule has 3 atom stereocenters. The Bertz CT molecular complexity index is 748. The van der Waals surface area contributed by atoms with Crippen LogP contribution in [0.1, 0.15) is 25.3 Å². The van der Waals surface area contributed by atoms with Gasteiger partial charge in [-0.25, -0.2) is 0 Å². The average molecular weight is 292 g/mol. The molecule has 2 saturated heterocycles. The van der Waals surface area contributed by atoms with Crippen LogP contribution in [0.2, 0.25) is 0 Å². The molecule has 112 valence electrons. The minimum Gasteiger partial charge on any atom is -0.358 e. The van der Waals surface area contributed by atoms with Crippen molar-refractivity contribution in [3.05, 3.63) is 52.7 Å². The number of nitrogens with one attached hydrogen (secondary N) is 1. The van der Waals surface area contributed by atoms with Crippen LogP contribution in [-0.2, 0) is 10.2 Å². The quantitative estimate of drug-likeness (QED) is 0.638. The summed E-state index contributed by atoms with van der Waals surface area (Å²) in [6.07, 6.45) is 5.55. The normalized spacial score (nSPS) is 37.0. The molecule has 0 amide bonds. The summed E-state index contributed by atoms with van der Waals surface area (Å²) in [5, 5.41) is 3.62. The van der Waals surface area contributed by atoms with Crippen molar-refractivity contribution in [1.82, 2.24) is 4.90 Å². The molecule has 0 unspecified atom stereocenters. The van der Waals surface area contributed by atoms with Gasteiger partial charge in [-0.1, -0.05) is 29.8 Å². The van der Waals surface area contributed by atoms with Gasteiger partial charge in [0, 0.05) is 42.0 Å². The van der Waals surface area contributed by atoms with Crippen molar-refractivity contribution in [2.45, 2.75) is 31.2 Å². The van der Waals surface area contributed by atoms with Gasteiger partial charge in [0.1, 0.15) is 6.29 Å². The highest BCUT2D eigenvalue weighted by atomic mass is 16.1. The zero-order valence-corrected chi connectivity index (χ0v) is 12.8. The lowest BCUT2D eigenvalue weighted by molar-refractivity contribution is -0.105. The lowest BCUT2D eigenvalue weighted by Crippen LogP contribution is -2.52. The van der Waals surface area contributed by atoms with Crippen LogP contribution < -0.4 is 5.32 Å². The molecule has 1 aliphatic carbocycles. The van der Waals surface area contributed by atoms with E-state index in [2.05, 4.69) is 47.5 Å². The number of anilines is 1. The molecule has 3 nitrogen and oxygen atoms in total. The van der Waals surface area contributed by atoms with Crippen LogP contribution in [0.15, 0.2) is 47.2 Å². The van der Waals surface area contributed by atoms with Crippen molar-refractivity contribution >= 4 is 12.0 Å². The molecule has 1 aromatic carbocycles. The summed E-state index contributed by atoms with van der Waals surface area (Å²) < 4.78 is 0. The Morgan fingerprint density at radius 1 is 1.36 bits per heavy atom. The predicted molar refractivity (Wildman–Crippen MR) is 86.7 cm³/mol. The van der Waals surface area contributed by atoms with Crippen LogP contribution in [0.25, 0.3) is 0 Å². The molecule has 3 aliphatic heterocycles. The zero-order chi connectivity index (χ0) is 14.9. The number of benzene rings is 1. The molecular formula is C19H20N2O. The molecule has 1 N–H and O–H groups in total. The Morgan fingerprint density at radius 3 is 3.05 bits per heavy atom. The topological polar surface area (TPSA) is 32.3 Å². The number of hydrogen-bond acceptors (Lipinski definition) is 3. The Labute approximate surface area is 130 Å². The van der Waals surface area contributed by atoms with Crippen molar-refractivity contribution in [2.75, 3.05) is 18.4 Å². The number of allylic oxidation sites excluding steroid dienone is 2. The van der Waals surface area contributed by atoms with E-state index in [4.69, 9.17) is 0 Å². The molecule has 1 spiro atoms. The molecule has 1 aromatic rings. The molecule has 4 aliphatic rings. The van der Waals surface area contributed by atoms with E-state index in [0.29, 0.717) is 12.0 Å². The lowest BCUT2D eigenvalue weighted by atomic mass is 9.62. The van der Waals surface area contributed by atoms with Crippen molar-refractivity contribution in [2.24, 2.45) is 5.92 Å². The first-order valence-electron chi connectivity index (χ1n) is 8.25. The second-order valence-electron chi connectivity index (χ2n) is 6.98. The number of piperidine rings is 1. The fourth-order valence-corrected chi connectivity index (χ4v) is 5.44. The van der Waals surface area contributed by atoms with Gasteiger partial charge in [-0.3, -0.25) is 9.69 Å². The van der Waals surface area contributed by atoms with Gasteiger partial charge in [0.15, 0.2) is 0 Å². The molecule has 2 bridgehead atoms. The number of carbonyl (C=O) groups excluding carboxylic acids is 1. The van der Waals surface area contributed by atoms with Crippen LogP contribution in [-0.4, -0.2) is 30.3 Å². The summed E-state index contributed by atoms with van der Waals surface area (Å²) in [6.45, 7) is 4.26. The van der Waals surface area contributed by atoms with E-state index in [-0.39, 0.29) is 5.41 Å². The highest BCUT2D eigenvalue weighted by Crippen LogP contribution is 2.60. The van der Waals surface area contributed by atoms with Gasteiger partial charge >= 0.3 is 0 Å². The first-order valence-corrected chi connectivity index (χ1v) is 8.25. The number of hydrogen-bond donors (Lipinski definition) is 1. The van der Waals surface area contributed by atoms with Gasteiger partial charge in [-0.15, -0.1) is 0 Å². The average Bonchev–Trinajstić information content (AvgIpc) is 3.11. The van der Waals surface area contributed by atoms with Crippen LogP contribution in [0.3, 0.4) is 0 Å². The van der Waals surface area contributed by atoms with Crippen molar-refractivity contribution in [3.63, 3.8) is 0 Å². The van der Waals surface area contributed by atoms with Crippen molar-refractivity contribution in [1.29, 1.82) is 0 Å². The summed E-state index contributed by atoms with van der Waals surface area (Å²) in [6, 6.07) is 9.16. The minimum absolute atomic E-state index is 0.0304. The molecule has 3 heterocycles. The maximum Gasteiger partial charge on any atom is 0.148 e. The highest BCUT2D eigenvalue weighted by molar-refractivity contribution is 5.84. The largest absolute Gasteiger partial charge is 0.358 e. The van der Waals surface area contributed by atoms with Gasteiger partial charge in [-0.05, 0) is 31.4 Å². The third-order valence-electron chi connectivity index (χ3n) is 6.37. The van der Waals surface area contributed by atoms with Crippen LogP contribution in [0, 0.1) is 5.92 Å². The molecule has 0 aromatic heterocycles. The van der Waals surface area contributed by atoms with E-state index >= 15 is 0 Å². The van der Waals surface area contributed by atoms with E-state index in [1.165, 1.54) is 22.5 Å². The number of rotatable bonds is 1. The van der Waals surface area contributed by atoms with Crippen LogP contribution in [0.5, 0.6) is 0 Å². The van der Waals surface area contributed by atoms with E-state index in [9.17, 15) is 4.79 Å². The summed E-state index contributed by atoms with van der Waals surface area (Å²) >= 11 is 0. The summed E-state index contributed by atoms with van der Waals surface area (Å²) in [5.41, 5.74) is 6.25. The second kappa shape index (κ2) is 4.11. The Kier molecular flexibility index (Phi) is 2.36. The van der Waals surface area contributed by atoms with Gasteiger partial charge in [0.05, 0.1) is 5.41 Å². The summed E-state index contributed by atoms with van der Waals surface area (Å²) in [5.74, 6) is 0.312. The van der Waals surface area contributed by atoms with E-state index in [1.807, 2.05) is 0 Å². The van der Waals surface area contributed by atoms with E-state index < -0.39 is 0 Å². The monoisotopic (exact) mass is 292 g/mol. The van der Waals surface area contributed by atoms with Gasteiger partial charge in [0.25, 0.3) is 0 Å². The molecule has 5 rings (SSSR count). The Morgan fingerprint density at radius 2 is 2.23 bits per heavy atom. The summed E-state index contributed by atoms with van der Waals surface area (Å²) in [7, 11) is 0. The molecule has 0 saturated carbocycles. The fraction of sp³-hybridized carbons (Fsp3) is 0.421. The molecule has 2 fully saturated rings. The number of nitrogens with zero attached hydrogens (tertiary/aromatic N) is 1. The second-order valence-corrected chi connectivity index (χ2v) is 6.98. The zero-order valence-electron chi connectivity index (χ0n) is 12.8. The predicted octanol–water partition coefficient (Wildman–Crippen LogP) is 2.86. The first kappa shape index (κ1) is 12.7. The van der Waals surface area contributed by atoms with E-state index in [0.717, 1.165) is 37.8 Å². The first-order chi connectivity index (χ1) is 10.8. The third kappa shape index (κ3) is 1.25. The Hall–Kier alpha value is -1.87. The maximum absolute atomic E-state index is 11.9.